The topological polar surface area (TPSA) is 39.3 Å². The Morgan fingerprint density at radius 1 is 1.07 bits per heavy atom. The molecule has 1 spiro atoms. The van der Waals surface area contributed by atoms with Crippen LogP contribution in [0.2, 0.25) is 0 Å². The highest BCUT2D eigenvalue weighted by Crippen LogP contribution is 2.38. The quantitative estimate of drug-likeness (QED) is 0.767. The highest BCUT2D eigenvalue weighted by molar-refractivity contribution is 5.73. The Morgan fingerprint density at radius 2 is 1.83 bits per heavy atom. The normalized spacial score (nSPS) is 28.9. The molecule has 1 amide bonds. The van der Waals surface area contributed by atoms with Gasteiger partial charge in [-0.05, 0) is 18.4 Å². The van der Waals surface area contributed by atoms with Crippen molar-refractivity contribution in [2.75, 3.05) is 59.0 Å². The Kier molecular flexibility index (Phi) is 5.37. The van der Waals surface area contributed by atoms with E-state index in [0.29, 0.717) is 12.1 Å². The molecular formula is C23H34N4O2. The van der Waals surface area contributed by atoms with E-state index in [1.165, 1.54) is 18.7 Å². The van der Waals surface area contributed by atoms with Gasteiger partial charge in [-0.2, -0.15) is 0 Å². The molecule has 4 aliphatic heterocycles. The largest absolute Gasteiger partial charge is 0.378 e. The van der Waals surface area contributed by atoms with Gasteiger partial charge >= 0.3 is 0 Å². The number of carbonyl (C=O) groups excluding carboxylic acids is 1. The molecule has 6 nitrogen and oxygen atoms in total. The fraction of sp³-hybridized carbons (Fsp3) is 0.696. The Bertz CT molecular complexity index is 713. The minimum Gasteiger partial charge on any atom is -0.378 e. The van der Waals surface area contributed by atoms with E-state index < -0.39 is 0 Å². The molecule has 0 radical (unpaired) electrons. The number of morpholine rings is 1. The molecule has 4 heterocycles. The average molecular weight is 399 g/mol. The van der Waals surface area contributed by atoms with Crippen LogP contribution in [0.3, 0.4) is 0 Å². The van der Waals surface area contributed by atoms with Gasteiger partial charge in [0, 0.05) is 71.4 Å². The van der Waals surface area contributed by atoms with E-state index >= 15 is 0 Å². The van der Waals surface area contributed by atoms with Crippen LogP contribution in [0.1, 0.15) is 25.3 Å². The lowest BCUT2D eigenvalue weighted by Crippen LogP contribution is -2.81. The zero-order valence-electron chi connectivity index (χ0n) is 17.6. The number of piperidine rings is 1. The highest BCUT2D eigenvalue weighted by atomic mass is 16.5. The van der Waals surface area contributed by atoms with Crippen molar-refractivity contribution in [3.05, 3.63) is 35.9 Å². The lowest BCUT2D eigenvalue weighted by atomic mass is 9.80. The molecule has 1 aromatic carbocycles. The van der Waals surface area contributed by atoms with E-state index in [0.717, 1.165) is 65.3 Å². The number of rotatable bonds is 3. The minimum absolute atomic E-state index is 0.225. The highest BCUT2D eigenvalue weighted by Gasteiger charge is 2.55. The first kappa shape index (κ1) is 19.5. The Labute approximate surface area is 174 Å². The summed E-state index contributed by atoms with van der Waals surface area (Å²) in [4.78, 5) is 21.8. The van der Waals surface area contributed by atoms with Gasteiger partial charge in [-0.1, -0.05) is 30.3 Å². The molecule has 4 fully saturated rings. The fourth-order valence-electron chi connectivity index (χ4n) is 6.06. The standard InChI is InChI=1S/C23H34N4O2/c1-19(28)25-9-7-21(8-10-25)26-17-23(18-26)16-24(13-20-5-3-2-4-6-20)14-22-15-29-12-11-27(22)23/h2-6,21-22H,7-18H2,1H3/t22-/m1/s1. The molecule has 0 bridgehead atoms. The van der Waals surface area contributed by atoms with Gasteiger partial charge in [0.15, 0.2) is 0 Å². The van der Waals surface area contributed by atoms with Crippen LogP contribution in [-0.4, -0.2) is 102 Å². The van der Waals surface area contributed by atoms with Crippen molar-refractivity contribution >= 4 is 5.91 Å². The first-order chi connectivity index (χ1) is 14.1. The number of hydrogen-bond acceptors (Lipinski definition) is 5. The summed E-state index contributed by atoms with van der Waals surface area (Å²) >= 11 is 0. The molecule has 5 rings (SSSR count). The number of benzene rings is 1. The van der Waals surface area contributed by atoms with Gasteiger partial charge in [-0.15, -0.1) is 0 Å². The molecule has 4 saturated heterocycles. The number of fused-ring (bicyclic) bond motifs is 2. The summed E-state index contributed by atoms with van der Waals surface area (Å²) in [6.45, 7) is 12.0. The summed E-state index contributed by atoms with van der Waals surface area (Å²) in [6.07, 6.45) is 2.24. The number of piperazine rings is 1. The van der Waals surface area contributed by atoms with Crippen LogP contribution in [0.5, 0.6) is 0 Å². The molecule has 1 aromatic rings. The van der Waals surface area contributed by atoms with Crippen LogP contribution in [0.4, 0.5) is 0 Å². The number of likely N-dealkylation sites (tertiary alicyclic amines) is 2. The van der Waals surface area contributed by atoms with Crippen molar-refractivity contribution in [1.29, 1.82) is 0 Å². The molecule has 158 valence electrons. The molecule has 1 atom stereocenters. The molecule has 0 aliphatic carbocycles. The van der Waals surface area contributed by atoms with Crippen LogP contribution >= 0.6 is 0 Å². The van der Waals surface area contributed by atoms with E-state index in [-0.39, 0.29) is 11.4 Å². The van der Waals surface area contributed by atoms with Crippen LogP contribution < -0.4 is 0 Å². The summed E-state index contributed by atoms with van der Waals surface area (Å²) in [6, 6.07) is 12.0. The van der Waals surface area contributed by atoms with Crippen molar-refractivity contribution in [2.45, 2.75) is 43.9 Å². The monoisotopic (exact) mass is 398 g/mol. The molecule has 4 aliphatic rings. The lowest BCUT2D eigenvalue weighted by molar-refractivity contribution is -0.177. The molecular weight excluding hydrogens is 364 g/mol. The van der Waals surface area contributed by atoms with Crippen molar-refractivity contribution in [1.82, 2.24) is 19.6 Å². The van der Waals surface area contributed by atoms with Gasteiger partial charge in [0.25, 0.3) is 0 Å². The first-order valence-electron chi connectivity index (χ1n) is 11.2. The third-order valence-corrected chi connectivity index (χ3v) is 7.49. The maximum absolute atomic E-state index is 11.6. The van der Waals surface area contributed by atoms with Gasteiger partial charge in [-0.25, -0.2) is 0 Å². The second kappa shape index (κ2) is 7.99. The molecule has 29 heavy (non-hydrogen) atoms. The summed E-state index contributed by atoms with van der Waals surface area (Å²) < 4.78 is 5.86. The van der Waals surface area contributed by atoms with Gasteiger partial charge in [-0.3, -0.25) is 19.5 Å². The van der Waals surface area contributed by atoms with E-state index in [4.69, 9.17) is 4.74 Å². The summed E-state index contributed by atoms with van der Waals surface area (Å²) in [5.41, 5.74) is 1.68. The minimum atomic E-state index is 0.225. The van der Waals surface area contributed by atoms with Gasteiger partial charge in [0.05, 0.1) is 18.8 Å². The van der Waals surface area contributed by atoms with Gasteiger partial charge in [0.2, 0.25) is 5.91 Å². The van der Waals surface area contributed by atoms with Crippen LogP contribution in [-0.2, 0) is 16.1 Å². The Morgan fingerprint density at radius 3 is 2.55 bits per heavy atom. The average Bonchev–Trinajstić information content (AvgIpc) is 2.72. The van der Waals surface area contributed by atoms with E-state index in [2.05, 4.69) is 45.0 Å². The maximum Gasteiger partial charge on any atom is 0.219 e. The molecule has 0 N–H and O–H groups in total. The van der Waals surface area contributed by atoms with E-state index in [9.17, 15) is 4.79 Å². The summed E-state index contributed by atoms with van der Waals surface area (Å²) in [5, 5.41) is 0. The van der Waals surface area contributed by atoms with Crippen molar-refractivity contribution in [2.24, 2.45) is 0 Å². The second-order valence-electron chi connectivity index (χ2n) is 9.44. The smallest absolute Gasteiger partial charge is 0.219 e. The molecule has 0 aromatic heterocycles. The molecule has 0 unspecified atom stereocenters. The lowest BCUT2D eigenvalue weighted by Gasteiger charge is -2.65. The number of nitrogens with zero attached hydrogens (tertiary/aromatic N) is 4. The maximum atomic E-state index is 11.6. The molecule has 6 heteroatoms. The van der Waals surface area contributed by atoms with Crippen molar-refractivity contribution < 1.29 is 9.53 Å². The predicted octanol–water partition coefficient (Wildman–Crippen LogP) is 1.27. The van der Waals surface area contributed by atoms with E-state index in [1.54, 1.807) is 6.92 Å². The zero-order chi connectivity index (χ0) is 19.8. The SMILES string of the molecule is CC(=O)N1CCC(N2CC3(CN(Cc4ccccc4)C[C@@H]4COCCN43)C2)CC1. The molecule has 0 saturated carbocycles. The summed E-state index contributed by atoms with van der Waals surface area (Å²) in [5.74, 6) is 0.225. The third kappa shape index (κ3) is 3.83. The number of hydrogen-bond donors (Lipinski definition) is 0. The van der Waals surface area contributed by atoms with Crippen molar-refractivity contribution in [3.8, 4) is 0 Å². The van der Waals surface area contributed by atoms with Crippen LogP contribution in [0.15, 0.2) is 30.3 Å². The number of amides is 1. The van der Waals surface area contributed by atoms with Crippen LogP contribution in [0, 0.1) is 0 Å². The zero-order valence-corrected chi connectivity index (χ0v) is 17.6. The van der Waals surface area contributed by atoms with Crippen molar-refractivity contribution in [3.63, 3.8) is 0 Å². The van der Waals surface area contributed by atoms with Gasteiger partial charge in [0.1, 0.15) is 0 Å². The summed E-state index contributed by atoms with van der Waals surface area (Å²) in [7, 11) is 0. The van der Waals surface area contributed by atoms with E-state index in [1.807, 2.05) is 4.90 Å². The van der Waals surface area contributed by atoms with Gasteiger partial charge < -0.3 is 9.64 Å². The fourth-order valence-corrected chi connectivity index (χ4v) is 6.06. The van der Waals surface area contributed by atoms with Crippen LogP contribution in [0.25, 0.3) is 0 Å². The predicted molar refractivity (Wildman–Crippen MR) is 113 cm³/mol. The third-order valence-electron chi connectivity index (χ3n) is 7.49. The number of ether oxygens (including phenoxy) is 1. The first-order valence-corrected chi connectivity index (χ1v) is 11.2. The number of carbonyl (C=O) groups is 1. The Hall–Kier alpha value is -1.47. The Balaban J connectivity index is 1.25. The second-order valence-corrected chi connectivity index (χ2v) is 9.44.